The number of anilines is 1. The Bertz CT molecular complexity index is 1300. The zero-order chi connectivity index (χ0) is 20.8. The average molecular weight is 403 g/mol. The fraction of sp³-hybridized carbons (Fsp3) is 0.227. The van der Waals surface area contributed by atoms with Crippen LogP contribution in [0.4, 0.5) is 5.82 Å². The summed E-state index contributed by atoms with van der Waals surface area (Å²) >= 11 is 0. The van der Waals surface area contributed by atoms with E-state index < -0.39 is 0 Å². The van der Waals surface area contributed by atoms with Crippen molar-refractivity contribution in [1.82, 2.24) is 19.9 Å². The molecule has 1 amide bonds. The maximum atomic E-state index is 13.1. The van der Waals surface area contributed by atoms with Gasteiger partial charge in [0.15, 0.2) is 17.1 Å². The fourth-order valence-electron chi connectivity index (χ4n) is 3.57. The number of para-hydroxylation sites is 2. The number of ether oxygens (including phenoxy) is 2. The molecule has 0 spiro atoms. The van der Waals surface area contributed by atoms with E-state index in [4.69, 9.17) is 25.2 Å². The molecule has 1 unspecified atom stereocenters. The van der Waals surface area contributed by atoms with Crippen LogP contribution >= 0.6 is 0 Å². The lowest BCUT2D eigenvalue weighted by molar-refractivity contribution is 0.0941. The number of rotatable bonds is 4. The average Bonchev–Trinajstić information content (AvgIpc) is 3.32. The van der Waals surface area contributed by atoms with E-state index in [0.29, 0.717) is 39.4 Å². The van der Waals surface area contributed by atoms with Gasteiger partial charge in [0, 0.05) is 12.1 Å². The lowest BCUT2D eigenvalue weighted by Crippen LogP contribution is -2.32. The standard InChI is InChI=1S/C22H21N5O3/c1-3-12(2)24-22(28)18-19-21(26-15-7-5-4-6-14(15)25-19)27(20(18)23)13-8-9-16-17(10-13)30-11-29-16/h4-10,12H,3,11,23H2,1-2H3,(H,24,28). The first-order valence-corrected chi connectivity index (χ1v) is 9.84. The Kier molecular flexibility index (Phi) is 4.20. The van der Waals surface area contributed by atoms with E-state index in [9.17, 15) is 4.79 Å². The van der Waals surface area contributed by atoms with Crippen LogP contribution in [0.25, 0.3) is 27.9 Å². The van der Waals surface area contributed by atoms with Crippen LogP contribution in [-0.2, 0) is 0 Å². The SMILES string of the molecule is CCC(C)NC(=O)c1c(N)n(-c2ccc3c(c2)OCO3)c2nc3ccccc3nc12. The van der Waals surface area contributed by atoms with Crippen LogP contribution in [0.15, 0.2) is 42.5 Å². The van der Waals surface area contributed by atoms with Crippen molar-refractivity contribution in [2.24, 2.45) is 0 Å². The van der Waals surface area contributed by atoms with Gasteiger partial charge in [-0.05, 0) is 37.6 Å². The minimum absolute atomic E-state index is 0.00857. The van der Waals surface area contributed by atoms with Crippen molar-refractivity contribution in [2.75, 3.05) is 12.5 Å². The highest BCUT2D eigenvalue weighted by molar-refractivity contribution is 6.11. The molecule has 2 aromatic heterocycles. The monoisotopic (exact) mass is 403 g/mol. The number of carbonyl (C=O) groups is 1. The number of nitrogen functional groups attached to an aromatic ring is 1. The number of nitrogens with two attached hydrogens (primary N) is 1. The summed E-state index contributed by atoms with van der Waals surface area (Å²) in [7, 11) is 0. The van der Waals surface area contributed by atoms with Crippen LogP contribution in [0.5, 0.6) is 11.5 Å². The predicted octanol–water partition coefficient (Wildman–Crippen LogP) is 3.41. The summed E-state index contributed by atoms with van der Waals surface area (Å²) in [6.45, 7) is 4.14. The molecule has 152 valence electrons. The molecule has 0 bridgehead atoms. The maximum Gasteiger partial charge on any atom is 0.257 e. The molecule has 0 fully saturated rings. The number of benzene rings is 2. The highest BCUT2D eigenvalue weighted by atomic mass is 16.7. The molecule has 0 aliphatic carbocycles. The summed E-state index contributed by atoms with van der Waals surface area (Å²) in [5, 5.41) is 2.99. The fourth-order valence-corrected chi connectivity index (χ4v) is 3.57. The number of fused-ring (bicyclic) bond motifs is 3. The molecule has 0 saturated carbocycles. The van der Waals surface area contributed by atoms with Gasteiger partial charge in [-0.3, -0.25) is 9.36 Å². The molecule has 1 aliphatic heterocycles. The Morgan fingerprint density at radius 2 is 1.90 bits per heavy atom. The van der Waals surface area contributed by atoms with Gasteiger partial charge in [0.05, 0.1) is 16.7 Å². The summed E-state index contributed by atoms with van der Waals surface area (Å²) in [5.74, 6) is 1.30. The van der Waals surface area contributed by atoms with Gasteiger partial charge in [-0.25, -0.2) is 9.97 Å². The van der Waals surface area contributed by atoms with Crippen molar-refractivity contribution in [3.8, 4) is 17.2 Å². The Morgan fingerprint density at radius 3 is 2.67 bits per heavy atom. The Balaban J connectivity index is 1.78. The van der Waals surface area contributed by atoms with Crippen LogP contribution in [0.2, 0.25) is 0 Å². The van der Waals surface area contributed by atoms with Crippen molar-refractivity contribution in [1.29, 1.82) is 0 Å². The summed E-state index contributed by atoms with van der Waals surface area (Å²) in [6.07, 6.45) is 0.807. The first-order chi connectivity index (χ1) is 14.6. The van der Waals surface area contributed by atoms with Crippen molar-refractivity contribution in [3.05, 3.63) is 48.0 Å². The lowest BCUT2D eigenvalue weighted by atomic mass is 10.2. The van der Waals surface area contributed by atoms with Crippen LogP contribution < -0.4 is 20.5 Å². The van der Waals surface area contributed by atoms with Gasteiger partial charge in [0.2, 0.25) is 6.79 Å². The minimum Gasteiger partial charge on any atom is -0.454 e. The van der Waals surface area contributed by atoms with Gasteiger partial charge in [-0.2, -0.15) is 0 Å². The molecule has 8 nitrogen and oxygen atoms in total. The molecule has 3 N–H and O–H groups in total. The number of nitrogens with zero attached hydrogens (tertiary/aromatic N) is 3. The number of nitrogens with one attached hydrogen (secondary N) is 1. The van der Waals surface area contributed by atoms with E-state index in [1.165, 1.54) is 0 Å². The van der Waals surface area contributed by atoms with Crippen LogP contribution in [0, 0.1) is 0 Å². The van der Waals surface area contributed by atoms with E-state index in [-0.39, 0.29) is 24.6 Å². The third-order valence-corrected chi connectivity index (χ3v) is 5.33. The summed E-state index contributed by atoms with van der Waals surface area (Å²) in [5.41, 5.74) is 9.96. The van der Waals surface area contributed by atoms with Crippen LogP contribution in [-0.4, -0.2) is 33.3 Å². The molecule has 0 radical (unpaired) electrons. The molecule has 8 heteroatoms. The Morgan fingerprint density at radius 1 is 1.17 bits per heavy atom. The maximum absolute atomic E-state index is 13.1. The van der Waals surface area contributed by atoms with E-state index >= 15 is 0 Å². The quantitative estimate of drug-likeness (QED) is 0.541. The summed E-state index contributed by atoms with van der Waals surface area (Å²) in [6, 6.07) is 13.0. The van der Waals surface area contributed by atoms with Gasteiger partial charge in [-0.15, -0.1) is 0 Å². The second kappa shape index (κ2) is 6.91. The zero-order valence-electron chi connectivity index (χ0n) is 16.7. The first-order valence-electron chi connectivity index (χ1n) is 9.84. The molecule has 4 aromatic rings. The molecule has 1 atom stereocenters. The molecular formula is C22H21N5O3. The van der Waals surface area contributed by atoms with E-state index in [2.05, 4.69) is 5.32 Å². The van der Waals surface area contributed by atoms with Gasteiger partial charge in [0.25, 0.3) is 5.91 Å². The predicted molar refractivity (Wildman–Crippen MR) is 114 cm³/mol. The number of hydrogen-bond acceptors (Lipinski definition) is 6. The van der Waals surface area contributed by atoms with Crippen molar-refractivity contribution in [2.45, 2.75) is 26.3 Å². The minimum atomic E-state index is -0.268. The second-order valence-corrected chi connectivity index (χ2v) is 7.30. The summed E-state index contributed by atoms with van der Waals surface area (Å²) in [4.78, 5) is 22.6. The van der Waals surface area contributed by atoms with Crippen LogP contribution in [0.3, 0.4) is 0 Å². The van der Waals surface area contributed by atoms with E-state index in [0.717, 1.165) is 11.9 Å². The van der Waals surface area contributed by atoms with E-state index in [1.54, 1.807) is 4.57 Å². The Labute approximate surface area is 172 Å². The van der Waals surface area contributed by atoms with Crippen molar-refractivity contribution >= 4 is 33.9 Å². The highest BCUT2D eigenvalue weighted by Gasteiger charge is 2.26. The molecule has 0 saturated heterocycles. The molecule has 1 aliphatic rings. The first kappa shape index (κ1) is 18.2. The molecular weight excluding hydrogens is 382 g/mol. The molecule has 2 aromatic carbocycles. The van der Waals surface area contributed by atoms with Crippen molar-refractivity contribution in [3.63, 3.8) is 0 Å². The van der Waals surface area contributed by atoms with Gasteiger partial charge < -0.3 is 20.5 Å². The number of amides is 1. The Hall–Kier alpha value is -3.81. The number of hydrogen-bond donors (Lipinski definition) is 2. The highest BCUT2D eigenvalue weighted by Crippen LogP contribution is 2.37. The van der Waals surface area contributed by atoms with Crippen LogP contribution in [0.1, 0.15) is 30.6 Å². The topological polar surface area (TPSA) is 104 Å². The van der Waals surface area contributed by atoms with Gasteiger partial charge in [-0.1, -0.05) is 19.1 Å². The van der Waals surface area contributed by atoms with E-state index in [1.807, 2.05) is 56.3 Å². The summed E-state index contributed by atoms with van der Waals surface area (Å²) < 4.78 is 12.7. The smallest absolute Gasteiger partial charge is 0.257 e. The largest absolute Gasteiger partial charge is 0.454 e. The lowest BCUT2D eigenvalue weighted by Gasteiger charge is -2.12. The third-order valence-electron chi connectivity index (χ3n) is 5.33. The second-order valence-electron chi connectivity index (χ2n) is 7.30. The molecule has 3 heterocycles. The van der Waals surface area contributed by atoms with Crippen molar-refractivity contribution < 1.29 is 14.3 Å². The third kappa shape index (κ3) is 2.80. The number of aromatic nitrogens is 3. The van der Waals surface area contributed by atoms with Gasteiger partial charge >= 0.3 is 0 Å². The normalized spacial score (nSPS) is 13.7. The molecule has 30 heavy (non-hydrogen) atoms. The van der Waals surface area contributed by atoms with Gasteiger partial charge in [0.1, 0.15) is 16.9 Å². The number of carbonyl (C=O) groups excluding carboxylic acids is 1. The zero-order valence-corrected chi connectivity index (χ0v) is 16.7. The molecule has 5 rings (SSSR count).